The number of fused-ring (bicyclic) bond motifs is 1. The smallest absolute Gasteiger partial charge is 0.225 e. The molecule has 0 saturated carbocycles. The van der Waals surface area contributed by atoms with E-state index in [1.165, 1.54) is 5.56 Å². The second-order valence-corrected chi connectivity index (χ2v) is 8.96. The first kappa shape index (κ1) is 20.0. The molecule has 0 radical (unpaired) electrons. The fraction of sp³-hybridized carbons (Fsp3) is 0.500. The Bertz CT molecular complexity index is 1110. The Morgan fingerprint density at radius 3 is 2.29 bits per heavy atom. The zero-order valence-electron chi connectivity index (χ0n) is 18.6. The second-order valence-electron chi connectivity index (χ2n) is 8.96. The highest BCUT2D eigenvalue weighted by Crippen LogP contribution is 2.32. The van der Waals surface area contributed by atoms with Crippen LogP contribution >= 0.6 is 0 Å². The molecule has 5 rings (SSSR count). The molecule has 2 aliphatic rings. The predicted molar refractivity (Wildman–Crippen MR) is 122 cm³/mol. The Kier molecular flexibility index (Phi) is 5.12. The number of carbonyl (C=O) groups is 1. The Morgan fingerprint density at radius 2 is 1.61 bits per heavy atom. The lowest BCUT2D eigenvalue weighted by atomic mass is 9.95. The summed E-state index contributed by atoms with van der Waals surface area (Å²) in [6, 6.07) is 8.40. The number of anilines is 1. The van der Waals surface area contributed by atoms with E-state index in [0.717, 1.165) is 85.7 Å². The summed E-state index contributed by atoms with van der Waals surface area (Å²) < 4.78 is 1.99. The van der Waals surface area contributed by atoms with E-state index in [4.69, 9.17) is 5.10 Å². The molecular weight excluding hydrogens is 388 g/mol. The van der Waals surface area contributed by atoms with Crippen LogP contribution < -0.4 is 4.90 Å². The van der Waals surface area contributed by atoms with E-state index in [1.54, 1.807) is 0 Å². The van der Waals surface area contributed by atoms with Gasteiger partial charge in [0, 0.05) is 32.1 Å². The predicted octanol–water partition coefficient (Wildman–Crippen LogP) is 3.58. The molecule has 0 unspecified atom stereocenters. The molecule has 1 aromatic carbocycles. The molecule has 0 atom stereocenters. The molecule has 162 valence electrons. The van der Waals surface area contributed by atoms with Gasteiger partial charge in [-0.15, -0.1) is 5.10 Å². The summed E-state index contributed by atoms with van der Waals surface area (Å²) in [6.45, 7) is 9.66. The zero-order valence-corrected chi connectivity index (χ0v) is 18.6. The zero-order chi connectivity index (χ0) is 21.5. The van der Waals surface area contributed by atoms with E-state index in [0.29, 0.717) is 5.91 Å². The molecule has 1 amide bonds. The van der Waals surface area contributed by atoms with Crippen LogP contribution in [0, 0.1) is 26.7 Å². The topological polar surface area (TPSA) is 67.2 Å². The minimum atomic E-state index is 0.134. The van der Waals surface area contributed by atoms with Gasteiger partial charge in [0.1, 0.15) is 5.52 Å². The SMILES string of the molecule is Cc1ccc(-n2nc3c(N4CCC(C(=O)N5CCCC5)CC4)nnc(C)c3c2C)cc1. The minimum Gasteiger partial charge on any atom is -0.353 e. The van der Waals surface area contributed by atoms with Crippen molar-refractivity contribution in [3.8, 4) is 5.69 Å². The number of rotatable bonds is 3. The van der Waals surface area contributed by atoms with E-state index in [-0.39, 0.29) is 5.92 Å². The van der Waals surface area contributed by atoms with Crippen LogP contribution in [-0.4, -0.2) is 57.0 Å². The molecule has 2 aliphatic heterocycles. The minimum absolute atomic E-state index is 0.134. The lowest BCUT2D eigenvalue weighted by Crippen LogP contribution is -2.42. The Labute approximate surface area is 183 Å². The van der Waals surface area contributed by atoms with Gasteiger partial charge < -0.3 is 9.80 Å². The monoisotopic (exact) mass is 418 g/mol. The maximum absolute atomic E-state index is 12.8. The number of hydrogen-bond donors (Lipinski definition) is 0. The summed E-state index contributed by atoms with van der Waals surface area (Å²) in [6.07, 6.45) is 4.02. The first-order chi connectivity index (χ1) is 15.0. The van der Waals surface area contributed by atoms with E-state index in [9.17, 15) is 4.79 Å². The third-order valence-corrected chi connectivity index (χ3v) is 6.82. The van der Waals surface area contributed by atoms with Crippen molar-refractivity contribution in [2.75, 3.05) is 31.1 Å². The molecule has 4 heterocycles. The number of carbonyl (C=O) groups excluding carboxylic acids is 1. The molecule has 3 aromatic rings. The number of nitrogens with zero attached hydrogens (tertiary/aromatic N) is 6. The number of piperidine rings is 1. The van der Waals surface area contributed by atoms with E-state index >= 15 is 0 Å². The second kappa shape index (κ2) is 7.94. The number of hydrogen-bond acceptors (Lipinski definition) is 5. The van der Waals surface area contributed by atoms with Crippen molar-refractivity contribution in [1.82, 2.24) is 24.9 Å². The fourth-order valence-corrected chi connectivity index (χ4v) is 5.00. The normalized spacial score (nSPS) is 17.6. The van der Waals surface area contributed by atoms with Gasteiger partial charge in [-0.25, -0.2) is 4.68 Å². The number of aromatic nitrogens is 4. The fourth-order valence-electron chi connectivity index (χ4n) is 5.00. The largest absolute Gasteiger partial charge is 0.353 e. The highest BCUT2D eigenvalue weighted by Gasteiger charge is 2.31. The molecule has 0 N–H and O–H groups in total. The molecular formula is C24H30N6O. The third-order valence-electron chi connectivity index (χ3n) is 6.82. The molecule has 2 saturated heterocycles. The molecule has 2 aromatic heterocycles. The van der Waals surface area contributed by atoms with Crippen LogP contribution in [0.5, 0.6) is 0 Å². The van der Waals surface area contributed by atoms with Crippen molar-refractivity contribution in [2.24, 2.45) is 5.92 Å². The first-order valence-electron chi connectivity index (χ1n) is 11.4. The van der Waals surface area contributed by atoms with Crippen molar-refractivity contribution in [3.05, 3.63) is 41.2 Å². The van der Waals surface area contributed by atoms with Gasteiger partial charge in [-0.2, -0.15) is 10.2 Å². The highest BCUT2D eigenvalue weighted by atomic mass is 16.2. The van der Waals surface area contributed by atoms with Gasteiger partial charge in [0.15, 0.2) is 5.82 Å². The van der Waals surface area contributed by atoms with Crippen LogP contribution in [0.2, 0.25) is 0 Å². The van der Waals surface area contributed by atoms with E-state index in [1.807, 2.05) is 11.6 Å². The van der Waals surface area contributed by atoms with Gasteiger partial charge in [0.25, 0.3) is 0 Å². The summed E-state index contributed by atoms with van der Waals surface area (Å²) in [5, 5.41) is 15.0. The maximum Gasteiger partial charge on any atom is 0.225 e. The van der Waals surface area contributed by atoms with Gasteiger partial charge in [0.05, 0.1) is 22.5 Å². The van der Waals surface area contributed by atoms with Crippen molar-refractivity contribution in [1.29, 1.82) is 0 Å². The first-order valence-corrected chi connectivity index (χ1v) is 11.4. The van der Waals surface area contributed by atoms with Crippen molar-refractivity contribution in [3.63, 3.8) is 0 Å². The van der Waals surface area contributed by atoms with Crippen LogP contribution in [0.25, 0.3) is 16.6 Å². The maximum atomic E-state index is 12.8. The van der Waals surface area contributed by atoms with E-state index in [2.05, 4.69) is 58.1 Å². The lowest BCUT2D eigenvalue weighted by Gasteiger charge is -2.33. The van der Waals surface area contributed by atoms with Gasteiger partial charge in [-0.3, -0.25) is 4.79 Å². The van der Waals surface area contributed by atoms with Crippen LogP contribution in [0.3, 0.4) is 0 Å². The quantitative estimate of drug-likeness (QED) is 0.650. The summed E-state index contributed by atoms with van der Waals surface area (Å²) in [5.41, 5.74) is 5.14. The summed E-state index contributed by atoms with van der Waals surface area (Å²) in [4.78, 5) is 17.1. The molecule has 7 heteroatoms. The number of aryl methyl sites for hydroxylation is 3. The van der Waals surface area contributed by atoms with Gasteiger partial charge >= 0.3 is 0 Å². The van der Waals surface area contributed by atoms with Crippen LogP contribution in [-0.2, 0) is 4.79 Å². The van der Waals surface area contributed by atoms with Crippen molar-refractivity contribution in [2.45, 2.75) is 46.5 Å². The molecule has 0 bridgehead atoms. The van der Waals surface area contributed by atoms with E-state index < -0.39 is 0 Å². The number of benzene rings is 1. The number of amides is 1. The van der Waals surface area contributed by atoms with Crippen molar-refractivity contribution >= 4 is 22.6 Å². The Morgan fingerprint density at radius 1 is 0.935 bits per heavy atom. The standard InChI is InChI=1S/C24H30N6O/c1-16-6-8-20(9-7-16)30-18(3)21-17(2)25-26-23(22(21)27-30)28-14-10-19(11-15-28)24(31)29-12-4-5-13-29/h6-9,19H,4-5,10-15H2,1-3H3. The van der Waals surface area contributed by atoms with Gasteiger partial charge in [-0.1, -0.05) is 17.7 Å². The summed E-state index contributed by atoms with van der Waals surface area (Å²) in [7, 11) is 0. The molecule has 31 heavy (non-hydrogen) atoms. The van der Waals surface area contributed by atoms with Gasteiger partial charge in [0.2, 0.25) is 5.91 Å². The van der Waals surface area contributed by atoms with Crippen LogP contribution in [0.15, 0.2) is 24.3 Å². The highest BCUT2D eigenvalue weighted by molar-refractivity contribution is 5.92. The molecule has 7 nitrogen and oxygen atoms in total. The van der Waals surface area contributed by atoms with Gasteiger partial charge in [-0.05, 0) is 58.6 Å². The van der Waals surface area contributed by atoms with Crippen LogP contribution in [0.4, 0.5) is 5.82 Å². The molecule has 0 aliphatic carbocycles. The summed E-state index contributed by atoms with van der Waals surface area (Å²) >= 11 is 0. The van der Waals surface area contributed by atoms with Crippen LogP contribution in [0.1, 0.15) is 42.6 Å². The molecule has 2 fully saturated rings. The molecule has 0 spiro atoms. The van der Waals surface area contributed by atoms with Crippen molar-refractivity contribution < 1.29 is 4.79 Å². The summed E-state index contributed by atoms with van der Waals surface area (Å²) in [5.74, 6) is 1.31. The Hall–Kier alpha value is -2.96. The average Bonchev–Trinajstić information content (AvgIpc) is 3.44. The third kappa shape index (κ3) is 3.56. The number of likely N-dealkylation sites (tertiary alicyclic amines) is 1. The lowest BCUT2D eigenvalue weighted by molar-refractivity contribution is -0.135. The average molecular weight is 419 g/mol. The Balaban J connectivity index is 1.43.